The van der Waals surface area contributed by atoms with Crippen LogP contribution in [0.15, 0.2) is 15.3 Å². The van der Waals surface area contributed by atoms with E-state index < -0.39 is 0 Å². The van der Waals surface area contributed by atoms with E-state index in [1.165, 1.54) is 0 Å². The maximum absolute atomic E-state index is 5.06. The molecular weight excluding hydrogens is 233 g/mol. The van der Waals surface area contributed by atoms with Crippen molar-refractivity contribution in [2.24, 2.45) is 5.16 Å². The molecule has 0 aromatic rings. The minimum absolute atomic E-state index is 0.502. The molecule has 0 bridgehead atoms. The number of hydrogen-bond donors (Lipinski definition) is 0. The number of oxime groups is 1. The minimum Gasteiger partial charge on any atom is -0.471 e. The third-order valence-electron chi connectivity index (χ3n) is 0.793. The molecule has 50 valence electrons. The lowest BCUT2D eigenvalue weighted by Crippen LogP contribution is -2.15. The van der Waals surface area contributed by atoms with Gasteiger partial charge in [0.25, 0.3) is 5.90 Å². The molecule has 0 spiro atoms. The van der Waals surface area contributed by atoms with Crippen LogP contribution >= 0.6 is 22.6 Å². The van der Waals surface area contributed by atoms with Crippen molar-refractivity contribution in [2.45, 2.75) is 0 Å². The molecule has 0 aromatic carbocycles. The molecular formula is C5H6INO2. The van der Waals surface area contributed by atoms with Gasteiger partial charge in [0.05, 0.1) is 3.58 Å². The van der Waals surface area contributed by atoms with E-state index in [1.807, 2.05) is 22.6 Å². The fourth-order valence-electron chi connectivity index (χ4n) is 0.434. The molecule has 0 amide bonds. The van der Waals surface area contributed by atoms with Gasteiger partial charge in [-0.15, -0.1) is 0 Å². The summed E-state index contributed by atoms with van der Waals surface area (Å²) in [7, 11) is 0. The molecule has 3 nitrogen and oxygen atoms in total. The van der Waals surface area contributed by atoms with Gasteiger partial charge in [-0.25, -0.2) is 0 Å². The zero-order chi connectivity index (χ0) is 6.69. The van der Waals surface area contributed by atoms with Crippen LogP contribution in [0.4, 0.5) is 0 Å². The lowest BCUT2D eigenvalue weighted by molar-refractivity contribution is 0.0660. The van der Waals surface area contributed by atoms with Gasteiger partial charge in [-0.1, -0.05) is 6.58 Å². The summed E-state index contributed by atoms with van der Waals surface area (Å²) < 4.78 is 5.83. The molecule has 1 heterocycles. The van der Waals surface area contributed by atoms with Gasteiger partial charge in [-0.2, -0.15) is 0 Å². The van der Waals surface area contributed by atoms with Crippen molar-refractivity contribution < 1.29 is 9.57 Å². The van der Waals surface area contributed by atoms with E-state index in [-0.39, 0.29) is 0 Å². The first-order valence-electron chi connectivity index (χ1n) is 2.48. The maximum atomic E-state index is 5.06. The van der Waals surface area contributed by atoms with Crippen LogP contribution in [-0.4, -0.2) is 19.1 Å². The van der Waals surface area contributed by atoms with Gasteiger partial charge >= 0.3 is 0 Å². The first kappa shape index (κ1) is 6.85. The molecule has 4 heteroatoms. The molecule has 0 radical (unpaired) electrons. The number of hydrogen-bond acceptors (Lipinski definition) is 3. The van der Waals surface area contributed by atoms with Crippen molar-refractivity contribution >= 4 is 28.5 Å². The number of nitrogens with zero attached hydrogens (tertiary/aromatic N) is 1. The molecule has 1 rings (SSSR count). The van der Waals surface area contributed by atoms with Crippen LogP contribution in [0, 0.1) is 0 Å². The van der Waals surface area contributed by atoms with Gasteiger partial charge in [0, 0.05) is 0 Å². The number of halogens is 1. The fourth-order valence-corrected chi connectivity index (χ4v) is 0.688. The molecule has 9 heavy (non-hydrogen) atoms. The summed E-state index contributed by atoms with van der Waals surface area (Å²) in [5, 5.41) is 3.62. The molecule has 0 saturated carbocycles. The van der Waals surface area contributed by atoms with E-state index >= 15 is 0 Å². The summed E-state index contributed by atoms with van der Waals surface area (Å²) in [6, 6.07) is 0. The third kappa shape index (κ3) is 1.85. The highest BCUT2D eigenvalue weighted by molar-refractivity contribution is 14.1. The van der Waals surface area contributed by atoms with Crippen LogP contribution in [0.1, 0.15) is 0 Å². The van der Waals surface area contributed by atoms with E-state index in [4.69, 9.17) is 9.57 Å². The van der Waals surface area contributed by atoms with Crippen molar-refractivity contribution in [1.82, 2.24) is 0 Å². The van der Waals surface area contributed by atoms with Gasteiger partial charge < -0.3 is 9.57 Å². The highest BCUT2D eigenvalue weighted by atomic mass is 127. The van der Waals surface area contributed by atoms with E-state index in [0.29, 0.717) is 19.1 Å². The summed E-state index contributed by atoms with van der Waals surface area (Å²) in [6.07, 6.45) is 0. The zero-order valence-corrected chi connectivity index (χ0v) is 6.92. The smallest absolute Gasteiger partial charge is 0.263 e. The predicted molar refractivity (Wildman–Crippen MR) is 42.5 cm³/mol. The molecule has 0 aliphatic carbocycles. The highest BCUT2D eigenvalue weighted by Gasteiger charge is 2.07. The number of rotatable bonds is 1. The standard InChI is InChI=1S/C5H6INO2/c1-4(6)5-7-9-3-2-8-5/h1-3H2. The van der Waals surface area contributed by atoms with Gasteiger partial charge in [-0.05, 0) is 27.7 Å². The minimum atomic E-state index is 0.502. The van der Waals surface area contributed by atoms with Crippen molar-refractivity contribution in [3.05, 3.63) is 10.2 Å². The Balaban J connectivity index is 2.57. The summed E-state index contributed by atoms with van der Waals surface area (Å²) in [4.78, 5) is 4.74. The number of ether oxygens (including phenoxy) is 1. The summed E-state index contributed by atoms with van der Waals surface area (Å²) in [5.41, 5.74) is 0. The average molecular weight is 239 g/mol. The van der Waals surface area contributed by atoms with Crippen molar-refractivity contribution in [1.29, 1.82) is 0 Å². The Bertz CT molecular complexity index is 155. The van der Waals surface area contributed by atoms with Gasteiger partial charge in [-0.3, -0.25) is 0 Å². The topological polar surface area (TPSA) is 30.8 Å². The Morgan fingerprint density at radius 2 is 2.44 bits per heavy atom. The highest BCUT2D eigenvalue weighted by Crippen LogP contribution is 2.08. The largest absolute Gasteiger partial charge is 0.471 e. The van der Waals surface area contributed by atoms with E-state index in [0.717, 1.165) is 3.58 Å². The average Bonchev–Trinajstić information content (AvgIpc) is 1.90. The van der Waals surface area contributed by atoms with E-state index in [2.05, 4.69) is 11.7 Å². The second kappa shape index (κ2) is 3.05. The quantitative estimate of drug-likeness (QED) is 0.645. The van der Waals surface area contributed by atoms with Gasteiger partial charge in [0.15, 0.2) is 6.61 Å². The molecule has 0 aromatic heterocycles. The Morgan fingerprint density at radius 3 is 2.78 bits per heavy atom. The van der Waals surface area contributed by atoms with Crippen LogP contribution in [-0.2, 0) is 9.57 Å². The Hall–Kier alpha value is -0.260. The SMILES string of the molecule is C=C(I)C1=NOCCO1. The lowest BCUT2D eigenvalue weighted by Gasteiger charge is -2.11. The Labute approximate surface area is 66.8 Å². The fraction of sp³-hybridized carbons (Fsp3) is 0.400. The summed E-state index contributed by atoms with van der Waals surface area (Å²) in [5.74, 6) is 0.502. The predicted octanol–water partition coefficient (Wildman–Crippen LogP) is 1.30. The molecule has 0 N–H and O–H groups in total. The van der Waals surface area contributed by atoms with Crippen LogP contribution < -0.4 is 0 Å². The lowest BCUT2D eigenvalue weighted by atomic mass is 10.6. The molecule has 0 atom stereocenters. The second-order valence-electron chi connectivity index (χ2n) is 1.48. The van der Waals surface area contributed by atoms with E-state index in [1.54, 1.807) is 0 Å². The molecule has 1 aliphatic heterocycles. The van der Waals surface area contributed by atoms with Gasteiger partial charge in [0.2, 0.25) is 0 Å². The van der Waals surface area contributed by atoms with Gasteiger partial charge in [0.1, 0.15) is 6.61 Å². The zero-order valence-electron chi connectivity index (χ0n) is 4.76. The second-order valence-corrected chi connectivity index (χ2v) is 2.79. The van der Waals surface area contributed by atoms with Crippen LogP contribution in [0.25, 0.3) is 0 Å². The Morgan fingerprint density at radius 1 is 1.67 bits per heavy atom. The first-order valence-corrected chi connectivity index (χ1v) is 3.56. The molecule has 0 fully saturated rings. The maximum Gasteiger partial charge on any atom is 0.263 e. The van der Waals surface area contributed by atoms with Crippen molar-refractivity contribution in [3.8, 4) is 0 Å². The van der Waals surface area contributed by atoms with Crippen LogP contribution in [0.3, 0.4) is 0 Å². The first-order chi connectivity index (χ1) is 4.30. The molecule has 0 saturated heterocycles. The summed E-state index contributed by atoms with van der Waals surface area (Å²) >= 11 is 2.03. The van der Waals surface area contributed by atoms with Crippen molar-refractivity contribution in [3.63, 3.8) is 0 Å². The third-order valence-corrected chi connectivity index (χ3v) is 1.25. The summed E-state index contributed by atoms with van der Waals surface area (Å²) in [6.45, 7) is 4.74. The van der Waals surface area contributed by atoms with E-state index in [9.17, 15) is 0 Å². The molecule has 0 unspecified atom stereocenters. The van der Waals surface area contributed by atoms with Crippen LogP contribution in [0.2, 0.25) is 0 Å². The normalized spacial score (nSPS) is 17.2. The Kier molecular flexibility index (Phi) is 2.32. The molecule has 1 aliphatic rings. The van der Waals surface area contributed by atoms with Crippen molar-refractivity contribution in [2.75, 3.05) is 13.2 Å². The monoisotopic (exact) mass is 239 g/mol. The van der Waals surface area contributed by atoms with Crippen LogP contribution in [0.5, 0.6) is 0 Å².